The van der Waals surface area contributed by atoms with Gasteiger partial charge in [0.25, 0.3) is 0 Å². The molecule has 0 aromatic heterocycles. The van der Waals surface area contributed by atoms with Crippen molar-refractivity contribution in [3.63, 3.8) is 0 Å². The molecule has 2 aliphatic rings. The highest BCUT2D eigenvalue weighted by Crippen LogP contribution is 2.54. The molecule has 0 spiro atoms. The van der Waals surface area contributed by atoms with Gasteiger partial charge in [0.05, 0.1) is 11.8 Å². The number of hydrogen-bond acceptors (Lipinski definition) is 0. The van der Waals surface area contributed by atoms with E-state index < -0.39 is 0 Å². The Labute approximate surface area is 88.1 Å². The van der Waals surface area contributed by atoms with Crippen LogP contribution in [-0.4, -0.2) is 6.04 Å². The minimum absolute atomic E-state index is 0.193. The number of allylic oxidation sites excluding steroid dienone is 1. The van der Waals surface area contributed by atoms with E-state index in [9.17, 15) is 4.39 Å². The van der Waals surface area contributed by atoms with Crippen LogP contribution in [0.1, 0.15) is 12.0 Å². The first-order valence-electron chi connectivity index (χ1n) is 5.13. The quantitative estimate of drug-likeness (QED) is 0.612. The monoisotopic (exact) mass is 199 g/mol. The molecule has 0 saturated heterocycles. The maximum Gasteiger partial charge on any atom is 0.234 e. The van der Waals surface area contributed by atoms with Crippen molar-refractivity contribution < 1.29 is 4.39 Å². The van der Waals surface area contributed by atoms with Gasteiger partial charge in [-0.15, -0.1) is 0 Å². The van der Waals surface area contributed by atoms with Crippen LogP contribution in [0.2, 0.25) is 0 Å². The molecule has 15 heavy (non-hydrogen) atoms. The summed E-state index contributed by atoms with van der Waals surface area (Å²) in [6.45, 7) is 6.96. The first kappa shape index (κ1) is 8.67. The van der Waals surface area contributed by atoms with E-state index in [-0.39, 0.29) is 11.9 Å². The summed E-state index contributed by atoms with van der Waals surface area (Å²) in [5.41, 5.74) is 2.39. The number of fused-ring (bicyclic) bond motifs is 1. The van der Waals surface area contributed by atoms with Crippen LogP contribution in [0.15, 0.2) is 30.3 Å². The van der Waals surface area contributed by atoms with E-state index >= 15 is 0 Å². The minimum Gasteiger partial charge on any atom is -0.313 e. The SMILES string of the molecule is [C-]#[N+][C@@H]1[C@H]2C=C(c3ccc(F)cc3)C[C@H]21. The van der Waals surface area contributed by atoms with Crippen molar-refractivity contribution in [1.82, 2.24) is 0 Å². The van der Waals surface area contributed by atoms with Gasteiger partial charge in [-0.2, -0.15) is 0 Å². The van der Waals surface area contributed by atoms with Gasteiger partial charge in [-0.25, -0.2) is 11.0 Å². The molecule has 1 nitrogen and oxygen atoms in total. The Morgan fingerprint density at radius 3 is 2.53 bits per heavy atom. The molecule has 1 fully saturated rings. The molecule has 1 saturated carbocycles. The van der Waals surface area contributed by atoms with Gasteiger partial charge in [-0.3, -0.25) is 0 Å². The van der Waals surface area contributed by atoms with Gasteiger partial charge in [0, 0.05) is 0 Å². The highest BCUT2D eigenvalue weighted by molar-refractivity contribution is 5.70. The Hall–Kier alpha value is -1.62. The number of rotatable bonds is 1. The number of halogens is 1. The molecule has 0 unspecified atom stereocenters. The summed E-state index contributed by atoms with van der Waals surface area (Å²) in [6.07, 6.45) is 3.18. The predicted molar refractivity (Wildman–Crippen MR) is 56.4 cm³/mol. The van der Waals surface area contributed by atoms with E-state index in [2.05, 4.69) is 10.9 Å². The zero-order valence-corrected chi connectivity index (χ0v) is 8.15. The second-order valence-electron chi connectivity index (χ2n) is 4.26. The van der Waals surface area contributed by atoms with Crippen molar-refractivity contribution in [2.75, 3.05) is 0 Å². The second kappa shape index (κ2) is 2.93. The first-order chi connectivity index (χ1) is 7.29. The van der Waals surface area contributed by atoms with Gasteiger partial charge in [-0.05, 0) is 29.7 Å². The van der Waals surface area contributed by atoms with Gasteiger partial charge < -0.3 is 4.85 Å². The normalized spacial score (nSPS) is 31.7. The molecular formula is C13H10FN. The Morgan fingerprint density at radius 2 is 2.00 bits per heavy atom. The number of hydrogen-bond donors (Lipinski definition) is 0. The summed E-state index contributed by atoms with van der Waals surface area (Å²) in [7, 11) is 0. The van der Waals surface area contributed by atoms with E-state index in [1.54, 1.807) is 0 Å². The van der Waals surface area contributed by atoms with Crippen molar-refractivity contribution in [3.8, 4) is 0 Å². The van der Waals surface area contributed by atoms with E-state index in [1.807, 2.05) is 12.1 Å². The Kier molecular flexibility index (Phi) is 1.70. The van der Waals surface area contributed by atoms with Crippen molar-refractivity contribution in [1.29, 1.82) is 0 Å². The summed E-state index contributed by atoms with van der Waals surface area (Å²) >= 11 is 0. The lowest BCUT2D eigenvalue weighted by atomic mass is 10.0. The van der Waals surface area contributed by atoms with Gasteiger partial charge in [0.2, 0.25) is 6.04 Å². The summed E-state index contributed by atoms with van der Waals surface area (Å²) in [5, 5.41) is 0. The molecule has 2 heteroatoms. The first-order valence-corrected chi connectivity index (χ1v) is 5.13. The van der Waals surface area contributed by atoms with E-state index in [4.69, 9.17) is 6.57 Å². The second-order valence-corrected chi connectivity index (χ2v) is 4.26. The minimum atomic E-state index is -0.193. The number of nitrogens with zero attached hydrogens (tertiary/aromatic N) is 1. The smallest absolute Gasteiger partial charge is 0.234 e. The largest absolute Gasteiger partial charge is 0.313 e. The molecule has 1 aromatic carbocycles. The summed E-state index contributed by atoms with van der Waals surface area (Å²) in [6, 6.07) is 6.85. The average Bonchev–Trinajstić information content (AvgIpc) is 2.72. The van der Waals surface area contributed by atoms with Gasteiger partial charge in [-0.1, -0.05) is 18.2 Å². The van der Waals surface area contributed by atoms with Crippen LogP contribution in [0.3, 0.4) is 0 Å². The molecule has 0 amide bonds. The maximum atomic E-state index is 12.7. The average molecular weight is 199 g/mol. The highest BCUT2D eigenvalue weighted by atomic mass is 19.1. The lowest BCUT2D eigenvalue weighted by Gasteiger charge is -2.03. The number of benzene rings is 1. The molecule has 74 valence electrons. The summed E-state index contributed by atoms with van der Waals surface area (Å²) in [5.74, 6) is 0.826. The topological polar surface area (TPSA) is 4.36 Å². The van der Waals surface area contributed by atoms with Crippen LogP contribution in [0.25, 0.3) is 10.4 Å². The maximum absolute atomic E-state index is 12.7. The fourth-order valence-electron chi connectivity index (χ4n) is 2.47. The summed E-state index contributed by atoms with van der Waals surface area (Å²) in [4.78, 5) is 3.57. The Bertz CT molecular complexity index is 466. The lowest BCUT2D eigenvalue weighted by molar-refractivity contribution is 0.627. The van der Waals surface area contributed by atoms with Crippen LogP contribution >= 0.6 is 0 Å². The van der Waals surface area contributed by atoms with Gasteiger partial charge in [0.15, 0.2) is 0 Å². The fraction of sp³-hybridized carbons (Fsp3) is 0.308. The third-order valence-electron chi connectivity index (χ3n) is 3.40. The molecule has 1 aromatic rings. The molecule has 0 heterocycles. The van der Waals surface area contributed by atoms with Crippen LogP contribution in [0.5, 0.6) is 0 Å². The van der Waals surface area contributed by atoms with Gasteiger partial charge >= 0.3 is 0 Å². The molecular weight excluding hydrogens is 189 g/mol. The van der Waals surface area contributed by atoms with Crippen LogP contribution < -0.4 is 0 Å². The zero-order chi connectivity index (χ0) is 10.4. The van der Waals surface area contributed by atoms with E-state index in [0.717, 1.165) is 12.0 Å². The third-order valence-corrected chi connectivity index (χ3v) is 3.40. The van der Waals surface area contributed by atoms with Crippen molar-refractivity contribution >= 4 is 5.57 Å². The highest BCUT2D eigenvalue weighted by Gasteiger charge is 2.59. The molecule has 0 N–H and O–H groups in total. The molecule has 2 aliphatic carbocycles. The van der Waals surface area contributed by atoms with E-state index in [0.29, 0.717) is 11.8 Å². The predicted octanol–water partition coefficient (Wildman–Crippen LogP) is 3.15. The molecule has 3 rings (SSSR count). The lowest BCUT2D eigenvalue weighted by Crippen LogP contribution is -1.89. The third kappa shape index (κ3) is 1.27. The van der Waals surface area contributed by atoms with Crippen LogP contribution in [0.4, 0.5) is 4.39 Å². The van der Waals surface area contributed by atoms with Crippen molar-refractivity contribution in [3.05, 3.63) is 53.1 Å². The molecule has 0 radical (unpaired) electrons. The summed E-state index contributed by atoms with van der Waals surface area (Å²) < 4.78 is 12.7. The Balaban J connectivity index is 1.84. The van der Waals surface area contributed by atoms with Crippen molar-refractivity contribution in [2.45, 2.75) is 12.5 Å². The van der Waals surface area contributed by atoms with Crippen molar-refractivity contribution in [2.24, 2.45) is 11.8 Å². The van der Waals surface area contributed by atoms with E-state index in [1.165, 1.54) is 17.7 Å². The van der Waals surface area contributed by atoms with Crippen LogP contribution in [0, 0.1) is 24.2 Å². The molecule has 0 bridgehead atoms. The zero-order valence-electron chi connectivity index (χ0n) is 8.15. The Morgan fingerprint density at radius 1 is 1.27 bits per heavy atom. The van der Waals surface area contributed by atoms with Gasteiger partial charge in [0.1, 0.15) is 5.82 Å². The standard InChI is InChI=1S/C13H10FN/c1-15-13-11-6-9(7-12(11)13)8-2-4-10(14)5-3-8/h2-6,11-13H,7H2/t11-,12+,13+/m0/s1. The fourth-order valence-corrected chi connectivity index (χ4v) is 2.47. The molecule has 0 aliphatic heterocycles. The molecule has 3 atom stereocenters. The van der Waals surface area contributed by atoms with Crippen LogP contribution in [-0.2, 0) is 0 Å².